The molecule has 54 valence electrons. The molecule has 1 aromatic rings. The molecule has 0 radical (unpaired) electrons. The highest BCUT2D eigenvalue weighted by Crippen LogP contribution is 2.39. The van der Waals surface area contributed by atoms with E-state index >= 15 is 0 Å². The van der Waals surface area contributed by atoms with Crippen molar-refractivity contribution in [1.29, 1.82) is 0 Å². The van der Waals surface area contributed by atoms with E-state index in [2.05, 4.69) is 4.98 Å². The molecule has 1 aliphatic carbocycles. The van der Waals surface area contributed by atoms with Gasteiger partial charge in [-0.2, -0.15) is 0 Å². The van der Waals surface area contributed by atoms with E-state index in [0.29, 0.717) is 0 Å². The highest BCUT2D eigenvalue weighted by molar-refractivity contribution is 7.09. The Bertz CT molecular complexity index is 214. The van der Waals surface area contributed by atoms with Crippen molar-refractivity contribution < 1.29 is 0 Å². The molecule has 2 N–H and O–H groups in total. The van der Waals surface area contributed by atoms with E-state index in [4.69, 9.17) is 5.73 Å². The molecule has 0 atom stereocenters. The van der Waals surface area contributed by atoms with Crippen molar-refractivity contribution in [2.45, 2.75) is 24.8 Å². The van der Waals surface area contributed by atoms with Crippen LogP contribution >= 0.6 is 11.3 Å². The van der Waals surface area contributed by atoms with E-state index in [1.807, 2.05) is 11.7 Å². The van der Waals surface area contributed by atoms with Crippen LogP contribution in [0.3, 0.4) is 0 Å². The van der Waals surface area contributed by atoms with E-state index in [-0.39, 0.29) is 5.54 Å². The zero-order chi connectivity index (χ0) is 7.03. The van der Waals surface area contributed by atoms with Crippen LogP contribution in [0.25, 0.3) is 0 Å². The number of nitrogens with two attached hydrogens (primary N) is 1. The van der Waals surface area contributed by atoms with Gasteiger partial charge < -0.3 is 5.73 Å². The summed E-state index contributed by atoms with van der Waals surface area (Å²) in [7, 11) is 0. The zero-order valence-electron chi connectivity index (χ0n) is 5.71. The fourth-order valence-electron chi connectivity index (χ4n) is 1.27. The lowest BCUT2D eigenvalue weighted by Gasteiger charge is -2.36. The van der Waals surface area contributed by atoms with E-state index in [0.717, 1.165) is 12.8 Å². The van der Waals surface area contributed by atoms with Crippen LogP contribution in [0.5, 0.6) is 0 Å². The first kappa shape index (κ1) is 6.31. The number of aromatic nitrogens is 1. The standard InChI is InChI=1S/C7H10N2S/c8-7(2-1-3-7)6-4-9-5-10-6/h4-5H,1-3,8H2. The molecule has 2 rings (SSSR count). The van der Waals surface area contributed by atoms with E-state index in [1.54, 1.807) is 11.3 Å². The number of rotatable bonds is 1. The SMILES string of the molecule is NC1(c2cncs2)CCC1. The first-order chi connectivity index (χ1) is 4.81. The normalized spacial score (nSPS) is 22.1. The first-order valence-corrected chi connectivity index (χ1v) is 4.37. The molecule has 1 saturated carbocycles. The molecule has 0 saturated heterocycles. The summed E-state index contributed by atoms with van der Waals surface area (Å²) >= 11 is 1.67. The van der Waals surface area contributed by atoms with Crippen molar-refractivity contribution in [3.05, 3.63) is 16.6 Å². The third-order valence-corrected chi connectivity index (χ3v) is 3.16. The van der Waals surface area contributed by atoms with E-state index < -0.39 is 0 Å². The molecule has 0 spiro atoms. The Hall–Kier alpha value is -0.410. The molecule has 1 fully saturated rings. The second kappa shape index (κ2) is 2.04. The molecule has 2 nitrogen and oxygen atoms in total. The van der Waals surface area contributed by atoms with Crippen molar-refractivity contribution in [2.24, 2.45) is 5.73 Å². The smallest absolute Gasteiger partial charge is 0.0794 e. The van der Waals surface area contributed by atoms with Gasteiger partial charge in [-0.1, -0.05) is 0 Å². The summed E-state index contributed by atoms with van der Waals surface area (Å²) < 4.78 is 0. The fourth-order valence-corrected chi connectivity index (χ4v) is 2.06. The van der Waals surface area contributed by atoms with Crippen molar-refractivity contribution in [2.75, 3.05) is 0 Å². The Balaban J connectivity index is 2.27. The Kier molecular flexibility index (Phi) is 1.28. The first-order valence-electron chi connectivity index (χ1n) is 3.49. The summed E-state index contributed by atoms with van der Waals surface area (Å²) in [5.41, 5.74) is 7.89. The van der Waals surface area contributed by atoms with Gasteiger partial charge in [0.15, 0.2) is 0 Å². The molecule has 0 bridgehead atoms. The third kappa shape index (κ3) is 0.777. The molecule has 3 heteroatoms. The summed E-state index contributed by atoms with van der Waals surface area (Å²) in [6, 6.07) is 0. The van der Waals surface area contributed by atoms with Gasteiger partial charge in [-0.25, -0.2) is 0 Å². The minimum atomic E-state index is 0.00116. The summed E-state index contributed by atoms with van der Waals surface area (Å²) in [4.78, 5) is 5.26. The maximum absolute atomic E-state index is 6.04. The molecule has 1 heterocycles. The maximum Gasteiger partial charge on any atom is 0.0794 e. The van der Waals surface area contributed by atoms with Crippen molar-refractivity contribution in [3.8, 4) is 0 Å². The van der Waals surface area contributed by atoms with Crippen LogP contribution < -0.4 is 5.73 Å². The molecule has 0 amide bonds. The molecular weight excluding hydrogens is 144 g/mol. The topological polar surface area (TPSA) is 38.9 Å². The largest absolute Gasteiger partial charge is 0.321 e. The highest BCUT2D eigenvalue weighted by Gasteiger charge is 2.35. The number of thiazole rings is 1. The van der Waals surface area contributed by atoms with Crippen LogP contribution in [0.1, 0.15) is 24.1 Å². The van der Waals surface area contributed by atoms with Crippen LogP contribution in [0, 0.1) is 0 Å². The molecule has 0 aromatic carbocycles. The number of nitrogens with zero attached hydrogens (tertiary/aromatic N) is 1. The van der Waals surface area contributed by atoms with Gasteiger partial charge in [-0.05, 0) is 19.3 Å². The van der Waals surface area contributed by atoms with Gasteiger partial charge in [0.05, 0.1) is 11.0 Å². The molecule has 1 aliphatic rings. The lowest BCUT2D eigenvalue weighted by atomic mass is 9.77. The maximum atomic E-state index is 6.04. The number of hydrogen-bond donors (Lipinski definition) is 1. The Morgan fingerprint density at radius 1 is 1.60 bits per heavy atom. The van der Waals surface area contributed by atoms with Crippen LogP contribution in [-0.2, 0) is 5.54 Å². The van der Waals surface area contributed by atoms with Gasteiger partial charge in [-0.3, -0.25) is 4.98 Å². The average Bonchev–Trinajstić information content (AvgIpc) is 2.33. The average molecular weight is 154 g/mol. The summed E-state index contributed by atoms with van der Waals surface area (Å²) in [6.45, 7) is 0. The second-order valence-electron chi connectivity index (χ2n) is 2.88. The zero-order valence-corrected chi connectivity index (χ0v) is 6.53. The van der Waals surface area contributed by atoms with Gasteiger partial charge in [0.25, 0.3) is 0 Å². The minimum Gasteiger partial charge on any atom is -0.321 e. The Labute approximate surface area is 64.1 Å². The van der Waals surface area contributed by atoms with Crippen molar-refractivity contribution in [3.63, 3.8) is 0 Å². The van der Waals surface area contributed by atoms with Gasteiger partial charge >= 0.3 is 0 Å². The quantitative estimate of drug-likeness (QED) is 0.665. The highest BCUT2D eigenvalue weighted by atomic mass is 32.1. The predicted molar refractivity (Wildman–Crippen MR) is 41.8 cm³/mol. The lowest BCUT2D eigenvalue weighted by Crippen LogP contribution is -2.42. The van der Waals surface area contributed by atoms with E-state index in [1.165, 1.54) is 11.3 Å². The molecule has 1 aromatic heterocycles. The fraction of sp³-hybridized carbons (Fsp3) is 0.571. The summed E-state index contributed by atoms with van der Waals surface area (Å²) in [5.74, 6) is 0. The number of hydrogen-bond acceptors (Lipinski definition) is 3. The van der Waals surface area contributed by atoms with Crippen molar-refractivity contribution in [1.82, 2.24) is 4.98 Å². The molecule has 0 aliphatic heterocycles. The summed E-state index contributed by atoms with van der Waals surface area (Å²) in [6.07, 6.45) is 5.43. The lowest BCUT2D eigenvalue weighted by molar-refractivity contribution is 0.259. The summed E-state index contributed by atoms with van der Waals surface area (Å²) in [5, 5.41) is 0. The third-order valence-electron chi connectivity index (χ3n) is 2.17. The Morgan fingerprint density at radius 3 is 2.80 bits per heavy atom. The van der Waals surface area contributed by atoms with Crippen molar-refractivity contribution >= 4 is 11.3 Å². The minimum absolute atomic E-state index is 0.00116. The van der Waals surface area contributed by atoms with Crippen LogP contribution in [0.4, 0.5) is 0 Å². The van der Waals surface area contributed by atoms with E-state index in [9.17, 15) is 0 Å². The molecule has 10 heavy (non-hydrogen) atoms. The Morgan fingerprint density at radius 2 is 2.40 bits per heavy atom. The predicted octanol–water partition coefficient (Wildman–Crippen LogP) is 1.48. The molecule has 0 unspecified atom stereocenters. The van der Waals surface area contributed by atoms with Crippen LogP contribution in [-0.4, -0.2) is 4.98 Å². The van der Waals surface area contributed by atoms with Crippen LogP contribution in [0.15, 0.2) is 11.7 Å². The van der Waals surface area contributed by atoms with Gasteiger partial charge in [0, 0.05) is 11.1 Å². The van der Waals surface area contributed by atoms with Gasteiger partial charge in [-0.15, -0.1) is 11.3 Å². The van der Waals surface area contributed by atoms with Gasteiger partial charge in [0.2, 0.25) is 0 Å². The monoisotopic (exact) mass is 154 g/mol. The molecular formula is C7H10N2S. The van der Waals surface area contributed by atoms with Crippen LogP contribution in [0.2, 0.25) is 0 Å². The second-order valence-corrected chi connectivity index (χ2v) is 3.76. The van der Waals surface area contributed by atoms with Gasteiger partial charge in [0.1, 0.15) is 0 Å².